The van der Waals surface area contributed by atoms with E-state index in [1.54, 1.807) is 0 Å². The molecule has 0 spiro atoms. The molecule has 4 aromatic rings. The van der Waals surface area contributed by atoms with Gasteiger partial charge in [-0.15, -0.1) is 0 Å². The van der Waals surface area contributed by atoms with Gasteiger partial charge in [-0.05, 0) is 60.5 Å². The number of aromatic amines is 1. The smallest absolute Gasteiger partial charge is 0.252 e. The second-order valence-corrected chi connectivity index (χ2v) is 7.93. The molecule has 5 nitrogen and oxygen atoms in total. The SMILES string of the molecule is O=C1NCc2c(Cl)ccc(-c3cc4cc(CNCCc5ccncc5)ccc4[nH]3)c21. The molecule has 150 valence electrons. The maximum absolute atomic E-state index is 12.3. The zero-order chi connectivity index (χ0) is 20.5. The molecule has 0 atom stereocenters. The lowest BCUT2D eigenvalue weighted by atomic mass is 10.0. The van der Waals surface area contributed by atoms with Crippen molar-refractivity contribution >= 4 is 28.4 Å². The van der Waals surface area contributed by atoms with Crippen molar-refractivity contribution in [2.24, 2.45) is 0 Å². The van der Waals surface area contributed by atoms with Gasteiger partial charge in [-0.1, -0.05) is 23.7 Å². The molecule has 1 aliphatic rings. The molecule has 3 heterocycles. The summed E-state index contributed by atoms with van der Waals surface area (Å²) in [5.74, 6) is -0.0692. The highest BCUT2D eigenvalue weighted by atomic mass is 35.5. The third-order valence-electron chi connectivity index (χ3n) is 5.55. The molecule has 6 heteroatoms. The van der Waals surface area contributed by atoms with E-state index < -0.39 is 0 Å². The lowest BCUT2D eigenvalue weighted by Gasteiger charge is -2.06. The van der Waals surface area contributed by atoms with E-state index >= 15 is 0 Å². The second kappa shape index (κ2) is 7.94. The molecule has 0 radical (unpaired) electrons. The van der Waals surface area contributed by atoms with E-state index in [2.05, 4.69) is 44.9 Å². The zero-order valence-electron chi connectivity index (χ0n) is 16.3. The molecule has 5 rings (SSSR count). The summed E-state index contributed by atoms with van der Waals surface area (Å²) in [6, 6.07) is 16.4. The van der Waals surface area contributed by atoms with E-state index in [1.165, 1.54) is 11.1 Å². The summed E-state index contributed by atoms with van der Waals surface area (Å²) in [6.07, 6.45) is 4.63. The van der Waals surface area contributed by atoms with Crippen LogP contribution in [0.3, 0.4) is 0 Å². The number of hydrogen-bond donors (Lipinski definition) is 3. The highest BCUT2D eigenvalue weighted by Crippen LogP contribution is 2.34. The van der Waals surface area contributed by atoms with Gasteiger partial charge in [-0.3, -0.25) is 9.78 Å². The Labute approximate surface area is 179 Å². The number of rotatable bonds is 6. The van der Waals surface area contributed by atoms with Crippen LogP contribution in [0.15, 0.2) is 60.9 Å². The van der Waals surface area contributed by atoms with Crippen molar-refractivity contribution in [3.8, 4) is 11.3 Å². The Morgan fingerprint density at radius 2 is 1.90 bits per heavy atom. The number of carbonyl (C=O) groups excluding carboxylic acids is 1. The number of pyridine rings is 1. The van der Waals surface area contributed by atoms with E-state index in [0.29, 0.717) is 17.1 Å². The third-order valence-corrected chi connectivity index (χ3v) is 5.91. The summed E-state index contributed by atoms with van der Waals surface area (Å²) in [5, 5.41) is 8.13. The summed E-state index contributed by atoms with van der Waals surface area (Å²) in [5.41, 5.74) is 6.91. The van der Waals surface area contributed by atoms with Crippen molar-refractivity contribution in [2.45, 2.75) is 19.5 Å². The van der Waals surface area contributed by atoms with E-state index in [4.69, 9.17) is 11.6 Å². The minimum absolute atomic E-state index is 0.0692. The van der Waals surface area contributed by atoms with Crippen LogP contribution in [0.4, 0.5) is 0 Å². The molecule has 0 saturated carbocycles. The predicted molar refractivity (Wildman–Crippen MR) is 120 cm³/mol. The number of hydrogen-bond acceptors (Lipinski definition) is 3. The first kappa shape index (κ1) is 18.9. The second-order valence-electron chi connectivity index (χ2n) is 7.52. The molecule has 0 saturated heterocycles. The van der Waals surface area contributed by atoms with Crippen LogP contribution in [-0.4, -0.2) is 22.4 Å². The molecule has 2 aromatic carbocycles. The largest absolute Gasteiger partial charge is 0.355 e. The highest BCUT2D eigenvalue weighted by Gasteiger charge is 2.26. The Bertz CT molecular complexity index is 1230. The lowest BCUT2D eigenvalue weighted by molar-refractivity contribution is 0.0966. The summed E-state index contributed by atoms with van der Waals surface area (Å²) in [7, 11) is 0. The Kier molecular flexibility index (Phi) is 4.99. The molecule has 0 unspecified atom stereocenters. The van der Waals surface area contributed by atoms with Crippen LogP contribution in [-0.2, 0) is 19.5 Å². The Morgan fingerprint density at radius 3 is 2.77 bits per heavy atom. The van der Waals surface area contributed by atoms with Crippen LogP contribution >= 0.6 is 11.6 Å². The van der Waals surface area contributed by atoms with Crippen molar-refractivity contribution in [2.75, 3.05) is 6.54 Å². The average molecular weight is 417 g/mol. The van der Waals surface area contributed by atoms with Gasteiger partial charge in [0.25, 0.3) is 5.91 Å². The molecule has 0 bridgehead atoms. The number of nitrogens with one attached hydrogen (secondary N) is 3. The maximum atomic E-state index is 12.3. The number of amides is 1. The van der Waals surface area contributed by atoms with Crippen molar-refractivity contribution in [1.29, 1.82) is 0 Å². The van der Waals surface area contributed by atoms with E-state index in [-0.39, 0.29) is 5.91 Å². The van der Waals surface area contributed by atoms with E-state index in [9.17, 15) is 4.79 Å². The van der Waals surface area contributed by atoms with Gasteiger partial charge in [-0.25, -0.2) is 0 Å². The van der Waals surface area contributed by atoms with Gasteiger partial charge in [0.1, 0.15) is 0 Å². The van der Waals surface area contributed by atoms with Crippen LogP contribution < -0.4 is 10.6 Å². The van der Waals surface area contributed by atoms with Gasteiger partial charge in [0.2, 0.25) is 0 Å². The molecular formula is C24H21ClN4O. The molecule has 2 aromatic heterocycles. The molecule has 30 heavy (non-hydrogen) atoms. The van der Waals surface area contributed by atoms with Crippen LogP contribution in [0.1, 0.15) is 27.0 Å². The fourth-order valence-electron chi connectivity index (χ4n) is 3.99. The number of aromatic nitrogens is 2. The van der Waals surface area contributed by atoms with Gasteiger partial charge in [0.15, 0.2) is 0 Å². The standard InChI is InChI=1S/C24H21ClN4O/c25-20-3-2-18(23-19(20)14-28-24(23)30)22-12-17-11-16(1-4-21(17)29-22)13-27-10-7-15-5-8-26-9-6-15/h1-6,8-9,11-12,27,29H,7,10,13-14H2,(H,28,30). The number of benzene rings is 2. The summed E-state index contributed by atoms with van der Waals surface area (Å²) in [6.45, 7) is 2.20. The monoisotopic (exact) mass is 416 g/mol. The van der Waals surface area contributed by atoms with E-state index in [0.717, 1.165) is 47.2 Å². The first-order valence-electron chi connectivity index (χ1n) is 10.0. The van der Waals surface area contributed by atoms with E-state index in [1.807, 2.05) is 36.7 Å². The van der Waals surface area contributed by atoms with Gasteiger partial charge in [0.05, 0.1) is 5.56 Å². The number of nitrogens with zero attached hydrogens (tertiary/aromatic N) is 1. The first-order chi connectivity index (χ1) is 14.7. The molecule has 3 N–H and O–H groups in total. The highest BCUT2D eigenvalue weighted by molar-refractivity contribution is 6.32. The Morgan fingerprint density at radius 1 is 1.03 bits per heavy atom. The van der Waals surface area contributed by atoms with Crippen LogP contribution in [0, 0.1) is 0 Å². The molecule has 0 fully saturated rings. The average Bonchev–Trinajstić information content (AvgIpc) is 3.36. The normalized spacial score (nSPS) is 12.9. The minimum Gasteiger partial charge on any atom is -0.355 e. The number of H-pyrrole nitrogens is 1. The molecular weight excluding hydrogens is 396 g/mol. The van der Waals surface area contributed by atoms with Gasteiger partial charge in [0, 0.05) is 58.2 Å². The van der Waals surface area contributed by atoms with Crippen molar-refractivity contribution in [1.82, 2.24) is 20.6 Å². The summed E-state index contributed by atoms with van der Waals surface area (Å²) >= 11 is 6.28. The van der Waals surface area contributed by atoms with Crippen molar-refractivity contribution < 1.29 is 4.79 Å². The van der Waals surface area contributed by atoms with Gasteiger partial charge < -0.3 is 15.6 Å². The van der Waals surface area contributed by atoms with Crippen LogP contribution in [0.2, 0.25) is 5.02 Å². The predicted octanol–water partition coefficient (Wildman–Crippen LogP) is 4.46. The fraction of sp³-hybridized carbons (Fsp3) is 0.167. The van der Waals surface area contributed by atoms with Gasteiger partial charge >= 0.3 is 0 Å². The topological polar surface area (TPSA) is 69.8 Å². The number of carbonyl (C=O) groups is 1. The third kappa shape index (κ3) is 3.58. The minimum atomic E-state index is -0.0692. The van der Waals surface area contributed by atoms with Gasteiger partial charge in [-0.2, -0.15) is 0 Å². The first-order valence-corrected chi connectivity index (χ1v) is 10.4. The quantitative estimate of drug-likeness (QED) is 0.406. The van der Waals surface area contributed by atoms with Crippen LogP contribution in [0.25, 0.3) is 22.2 Å². The van der Waals surface area contributed by atoms with Crippen molar-refractivity contribution in [3.05, 3.63) is 88.2 Å². The summed E-state index contributed by atoms with van der Waals surface area (Å²) in [4.78, 5) is 19.8. The van der Waals surface area contributed by atoms with Crippen LogP contribution in [0.5, 0.6) is 0 Å². The molecule has 1 aliphatic heterocycles. The Balaban J connectivity index is 1.34. The maximum Gasteiger partial charge on any atom is 0.252 e. The Hall–Kier alpha value is -3.15. The molecule has 0 aliphatic carbocycles. The summed E-state index contributed by atoms with van der Waals surface area (Å²) < 4.78 is 0. The number of halogens is 1. The number of fused-ring (bicyclic) bond motifs is 2. The zero-order valence-corrected chi connectivity index (χ0v) is 17.1. The van der Waals surface area contributed by atoms with Crippen molar-refractivity contribution in [3.63, 3.8) is 0 Å². The lowest BCUT2D eigenvalue weighted by Crippen LogP contribution is -2.16. The molecule has 1 amide bonds. The fourth-order valence-corrected chi connectivity index (χ4v) is 4.21.